The Morgan fingerprint density at radius 3 is 2.81 bits per heavy atom. The number of nitrogens with one attached hydrogen (secondary N) is 2. The molecule has 4 aromatic rings. The van der Waals surface area contributed by atoms with E-state index in [1.165, 1.54) is 18.2 Å². The first-order chi connectivity index (χ1) is 12.9. The van der Waals surface area contributed by atoms with Crippen molar-refractivity contribution in [1.82, 2.24) is 24.7 Å². The Bertz CT molecular complexity index is 1370. The maximum Gasteiger partial charge on any atom is 0.417 e. The first kappa shape index (κ1) is 17.1. The van der Waals surface area contributed by atoms with Crippen molar-refractivity contribution in [3.8, 4) is 0 Å². The summed E-state index contributed by atoms with van der Waals surface area (Å²) in [6.45, 7) is -0.0538. The summed E-state index contributed by atoms with van der Waals surface area (Å²) in [7, 11) is -3.86. The normalized spacial score (nSPS) is 12.0. The van der Waals surface area contributed by atoms with E-state index in [1.807, 2.05) is 0 Å². The molecule has 2 N–H and O–H groups in total. The van der Waals surface area contributed by atoms with E-state index in [0.717, 1.165) is 4.68 Å². The number of H-pyrrole nitrogens is 1. The fourth-order valence-electron chi connectivity index (χ4n) is 2.63. The number of hydrogen-bond acceptors (Lipinski definition) is 7. The van der Waals surface area contributed by atoms with E-state index >= 15 is 0 Å². The van der Waals surface area contributed by atoms with Crippen LogP contribution in [0.3, 0.4) is 0 Å². The third-order valence-corrected chi connectivity index (χ3v) is 5.41. The largest absolute Gasteiger partial charge is 0.417 e. The molecule has 0 fully saturated rings. The second-order valence-corrected chi connectivity index (χ2v) is 7.47. The predicted molar refractivity (Wildman–Crippen MR) is 95.8 cm³/mol. The van der Waals surface area contributed by atoms with Gasteiger partial charge in [-0.05, 0) is 24.3 Å². The smallest absolute Gasteiger partial charge is 0.408 e. The van der Waals surface area contributed by atoms with Gasteiger partial charge in [-0.3, -0.25) is 9.78 Å². The monoisotopic (exact) mass is 387 g/mol. The summed E-state index contributed by atoms with van der Waals surface area (Å²) in [6, 6.07) is 10.8. The molecule has 0 saturated carbocycles. The molecule has 0 bridgehead atoms. The molecule has 0 aliphatic heterocycles. The van der Waals surface area contributed by atoms with Crippen LogP contribution < -0.4 is 16.0 Å². The zero-order valence-electron chi connectivity index (χ0n) is 13.7. The number of aromatic amines is 1. The summed E-state index contributed by atoms with van der Waals surface area (Å²) >= 11 is 0. The van der Waals surface area contributed by atoms with Crippen LogP contribution in [0.2, 0.25) is 0 Å². The SMILES string of the molecule is O=c1[nH]c2ccc(S(=O)(=O)NCCn3nnc4ccccc4c3=O)cc2o1. The molecule has 0 atom stereocenters. The lowest BCUT2D eigenvalue weighted by molar-refractivity contribution is 0.531. The highest BCUT2D eigenvalue weighted by Gasteiger charge is 2.16. The van der Waals surface area contributed by atoms with E-state index in [-0.39, 0.29) is 29.1 Å². The second kappa shape index (κ2) is 6.45. The van der Waals surface area contributed by atoms with Crippen molar-refractivity contribution in [1.29, 1.82) is 0 Å². The molecular weight excluding hydrogens is 374 g/mol. The van der Waals surface area contributed by atoms with Crippen LogP contribution in [-0.2, 0) is 16.6 Å². The van der Waals surface area contributed by atoms with Crippen LogP contribution in [0.25, 0.3) is 22.0 Å². The highest BCUT2D eigenvalue weighted by Crippen LogP contribution is 2.16. The van der Waals surface area contributed by atoms with Crippen LogP contribution >= 0.6 is 0 Å². The lowest BCUT2D eigenvalue weighted by Gasteiger charge is -2.08. The molecule has 11 heteroatoms. The van der Waals surface area contributed by atoms with Crippen LogP contribution in [0, 0.1) is 0 Å². The molecule has 4 rings (SSSR count). The number of sulfonamides is 1. The minimum absolute atomic E-state index is 0.0113. The topological polar surface area (TPSA) is 140 Å². The van der Waals surface area contributed by atoms with Crippen molar-refractivity contribution >= 4 is 32.0 Å². The Morgan fingerprint density at radius 2 is 1.96 bits per heavy atom. The number of rotatable bonds is 5. The number of nitrogens with zero attached hydrogens (tertiary/aromatic N) is 3. The Labute approximate surface area is 151 Å². The maximum atomic E-state index is 12.4. The fourth-order valence-corrected chi connectivity index (χ4v) is 3.67. The Kier molecular flexibility index (Phi) is 4.09. The van der Waals surface area contributed by atoms with Gasteiger partial charge in [-0.2, -0.15) is 0 Å². The van der Waals surface area contributed by atoms with Gasteiger partial charge in [-0.15, -0.1) is 5.10 Å². The van der Waals surface area contributed by atoms with Gasteiger partial charge in [0.05, 0.1) is 22.3 Å². The van der Waals surface area contributed by atoms with Gasteiger partial charge < -0.3 is 4.42 Å². The Balaban J connectivity index is 1.53. The summed E-state index contributed by atoms with van der Waals surface area (Å²) in [4.78, 5) is 25.9. The van der Waals surface area contributed by atoms with Crippen LogP contribution in [0.4, 0.5) is 0 Å². The van der Waals surface area contributed by atoms with E-state index in [4.69, 9.17) is 4.42 Å². The van der Waals surface area contributed by atoms with E-state index in [9.17, 15) is 18.0 Å². The van der Waals surface area contributed by atoms with E-state index in [0.29, 0.717) is 16.4 Å². The number of hydrogen-bond donors (Lipinski definition) is 2. The molecule has 0 spiro atoms. The van der Waals surface area contributed by atoms with Crippen molar-refractivity contribution in [3.63, 3.8) is 0 Å². The van der Waals surface area contributed by atoms with Crippen LogP contribution in [-0.4, -0.2) is 34.9 Å². The molecule has 138 valence electrons. The molecular formula is C16H13N5O5S. The minimum Gasteiger partial charge on any atom is -0.408 e. The average molecular weight is 387 g/mol. The number of aromatic nitrogens is 4. The molecule has 0 amide bonds. The molecule has 0 aliphatic carbocycles. The first-order valence-corrected chi connectivity index (χ1v) is 9.37. The van der Waals surface area contributed by atoms with E-state index in [2.05, 4.69) is 20.0 Å². The van der Waals surface area contributed by atoms with Crippen LogP contribution in [0.5, 0.6) is 0 Å². The molecule has 2 aromatic heterocycles. The van der Waals surface area contributed by atoms with Gasteiger partial charge in [0.1, 0.15) is 5.52 Å². The summed E-state index contributed by atoms with van der Waals surface area (Å²) < 4.78 is 33.2. The van der Waals surface area contributed by atoms with Crippen molar-refractivity contribution < 1.29 is 12.8 Å². The Morgan fingerprint density at radius 1 is 1.15 bits per heavy atom. The van der Waals surface area contributed by atoms with Crippen LogP contribution in [0.15, 0.2) is 61.4 Å². The molecule has 2 heterocycles. The van der Waals surface area contributed by atoms with Gasteiger partial charge in [0.2, 0.25) is 10.0 Å². The molecule has 2 aromatic carbocycles. The fraction of sp³-hybridized carbons (Fsp3) is 0.125. The van der Waals surface area contributed by atoms with Gasteiger partial charge in [-0.25, -0.2) is 22.6 Å². The van der Waals surface area contributed by atoms with Gasteiger partial charge in [0.25, 0.3) is 5.56 Å². The molecule has 0 aliphatic rings. The molecule has 0 radical (unpaired) electrons. The van der Waals surface area contributed by atoms with Crippen LogP contribution in [0.1, 0.15) is 0 Å². The van der Waals surface area contributed by atoms with Crippen molar-refractivity contribution in [3.05, 3.63) is 63.4 Å². The summed E-state index contributed by atoms with van der Waals surface area (Å²) in [5.41, 5.74) is 0.660. The predicted octanol–water partition coefficient (Wildman–Crippen LogP) is 0.204. The maximum absolute atomic E-state index is 12.4. The third-order valence-electron chi connectivity index (χ3n) is 3.95. The van der Waals surface area contributed by atoms with Gasteiger partial charge >= 0.3 is 5.76 Å². The first-order valence-electron chi connectivity index (χ1n) is 7.89. The third kappa shape index (κ3) is 3.25. The van der Waals surface area contributed by atoms with E-state index in [1.54, 1.807) is 24.3 Å². The lowest BCUT2D eigenvalue weighted by atomic mass is 10.2. The van der Waals surface area contributed by atoms with E-state index < -0.39 is 15.8 Å². The standard InChI is InChI=1S/C16H13N5O5S/c22-15-11-3-1-2-4-12(11)19-20-21(15)8-7-17-27(24,25)10-5-6-13-14(9-10)26-16(23)18-13/h1-6,9,17H,7-8H2,(H,18,23). The summed E-state index contributed by atoms with van der Waals surface area (Å²) in [5, 5.41) is 8.16. The van der Waals surface area contributed by atoms with Crippen molar-refractivity contribution in [2.45, 2.75) is 11.4 Å². The van der Waals surface area contributed by atoms with Crippen molar-refractivity contribution in [2.24, 2.45) is 0 Å². The van der Waals surface area contributed by atoms with Gasteiger partial charge in [0, 0.05) is 12.6 Å². The zero-order chi connectivity index (χ0) is 19.0. The number of fused-ring (bicyclic) bond motifs is 2. The quantitative estimate of drug-likeness (QED) is 0.499. The molecule has 0 unspecified atom stereocenters. The van der Waals surface area contributed by atoms with Gasteiger partial charge in [0.15, 0.2) is 5.58 Å². The summed E-state index contributed by atoms with van der Waals surface area (Å²) in [6.07, 6.45) is 0. The minimum atomic E-state index is -3.86. The van der Waals surface area contributed by atoms with Gasteiger partial charge in [-0.1, -0.05) is 17.3 Å². The number of oxazole rings is 1. The molecule has 0 saturated heterocycles. The average Bonchev–Trinajstić information content (AvgIpc) is 3.03. The van der Waals surface area contributed by atoms with Crippen molar-refractivity contribution in [2.75, 3.05) is 6.54 Å². The zero-order valence-corrected chi connectivity index (χ0v) is 14.6. The molecule has 10 nitrogen and oxygen atoms in total. The molecule has 27 heavy (non-hydrogen) atoms. The number of benzene rings is 2. The second-order valence-electron chi connectivity index (χ2n) is 5.71. The summed E-state index contributed by atoms with van der Waals surface area (Å²) in [5.74, 6) is -0.665. The highest BCUT2D eigenvalue weighted by atomic mass is 32.2. The lowest BCUT2D eigenvalue weighted by Crippen LogP contribution is -2.32. The highest BCUT2D eigenvalue weighted by molar-refractivity contribution is 7.89. The Hall–Kier alpha value is -3.31.